The molecule has 2 heterocycles. The van der Waals surface area contributed by atoms with E-state index in [4.69, 9.17) is 9.84 Å². The molecule has 2 aromatic heterocycles. The van der Waals surface area contributed by atoms with Crippen LogP contribution in [0.2, 0.25) is 0 Å². The Balaban J connectivity index is 1.69. The van der Waals surface area contributed by atoms with Crippen LogP contribution in [0.3, 0.4) is 0 Å². The highest BCUT2D eigenvalue weighted by atomic mass is 32.1. The second-order valence-corrected chi connectivity index (χ2v) is 7.54. The number of aliphatic carboxylic acids is 1. The van der Waals surface area contributed by atoms with Gasteiger partial charge in [0.15, 0.2) is 6.61 Å². The summed E-state index contributed by atoms with van der Waals surface area (Å²) in [5.74, 6) is -0.442. The van der Waals surface area contributed by atoms with Crippen LogP contribution >= 0.6 is 11.3 Å². The van der Waals surface area contributed by atoms with Gasteiger partial charge in [-0.1, -0.05) is 26.0 Å². The number of nitrogens with zero attached hydrogens (tertiary/aromatic N) is 2. The Bertz CT molecular complexity index is 990. The number of carboxylic acids is 1. The molecule has 0 atom stereocenters. The van der Waals surface area contributed by atoms with Gasteiger partial charge >= 0.3 is 5.97 Å². The Morgan fingerprint density at radius 3 is 2.81 bits per heavy atom. The van der Waals surface area contributed by atoms with E-state index in [-0.39, 0.29) is 11.8 Å². The van der Waals surface area contributed by atoms with Crippen molar-refractivity contribution in [2.24, 2.45) is 7.05 Å². The molecule has 0 radical (unpaired) electrons. The number of benzene rings is 1. The van der Waals surface area contributed by atoms with Gasteiger partial charge in [0.2, 0.25) is 0 Å². The summed E-state index contributed by atoms with van der Waals surface area (Å²) < 4.78 is 6.97. The Kier molecular flexibility index (Phi) is 5.46. The van der Waals surface area contributed by atoms with Gasteiger partial charge in [-0.3, -0.25) is 9.48 Å². The van der Waals surface area contributed by atoms with Gasteiger partial charge in [0.25, 0.3) is 5.91 Å². The van der Waals surface area contributed by atoms with Crippen molar-refractivity contribution in [1.29, 1.82) is 0 Å². The lowest BCUT2D eigenvalue weighted by atomic mass is 10.1. The lowest BCUT2D eigenvalue weighted by molar-refractivity contribution is -0.139. The predicted octanol–water partition coefficient (Wildman–Crippen LogP) is 3.15. The number of amides is 1. The van der Waals surface area contributed by atoms with E-state index in [2.05, 4.69) is 24.3 Å². The van der Waals surface area contributed by atoms with Crippen LogP contribution in [0.4, 0.5) is 0 Å². The monoisotopic (exact) mass is 387 g/mol. The highest BCUT2D eigenvalue weighted by Gasteiger charge is 2.18. The summed E-state index contributed by atoms with van der Waals surface area (Å²) in [6.45, 7) is 4.09. The number of carboxylic acid groups (broad SMARTS) is 1. The maximum atomic E-state index is 12.5. The van der Waals surface area contributed by atoms with Crippen molar-refractivity contribution in [3.05, 3.63) is 46.5 Å². The molecule has 0 fully saturated rings. The van der Waals surface area contributed by atoms with Gasteiger partial charge in [-0.2, -0.15) is 5.10 Å². The normalized spacial score (nSPS) is 11.1. The SMILES string of the molecule is CC(C)c1nn(C)c2sc(C(=O)NCc3cccc(OCC(=O)O)c3)cc12. The number of thiophene rings is 1. The van der Waals surface area contributed by atoms with Crippen molar-refractivity contribution >= 4 is 33.4 Å². The van der Waals surface area contributed by atoms with Gasteiger partial charge < -0.3 is 15.2 Å². The largest absolute Gasteiger partial charge is 0.482 e. The molecule has 1 amide bonds. The number of rotatable bonds is 7. The number of aryl methyl sites for hydroxylation is 1. The van der Waals surface area contributed by atoms with E-state index in [0.29, 0.717) is 17.2 Å². The summed E-state index contributed by atoms with van der Waals surface area (Å²) >= 11 is 1.42. The van der Waals surface area contributed by atoms with Crippen LogP contribution in [0.25, 0.3) is 10.2 Å². The summed E-state index contributed by atoms with van der Waals surface area (Å²) in [7, 11) is 1.88. The molecule has 0 unspecified atom stereocenters. The van der Waals surface area contributed by atoms with Gasteiger partial charge in [-0.15, -0.1) is 11.3 Å². The molecule has 0 aliphatic rings. The number of aromatic nitrogens is 2. The molecule has 0 aliphatic heterocycles. The minimum Gasteiger partial charge on any atom is -0.482 e. The Labute approximate surface area is 160 Å². The summed E-state index contributed by atoms with van der Waals surface area (Å²) in [5, 5.41) is 17.1. The second-order valence-electron chi connectivity index (χ2n) is 6.51. The molecular weight excluding hydrogens is 366 g/mol. The number of fused-ring (bicyclic) bond motifs is 1. The first-order chi connectivity index (χ1) is 12.8. The highest BCUT2D eigenvalue weighted by Crippen LogP contribution is 2.31. The molecule has 8 heteroatoms. The summed E-state index contributed by atoms with van der Waals surface area (Å²) in [4.78, 5) is 24.7. The molecule has 27 heavy (non-hydrogen) atoms. The topological polar surface area (TPSA) is 93.5 Å². The van der Waals surface area contributed by atoms with E-state index < -0.39 is 12.6 Å². The van der Waals surface area contributed by atoms with Crippen LogP contribution in [0, 0.1) is 0 Å². The molecule has 3 aromatic rings. The van der Waals surface area contributed by atoms with E-state index in [9.17, 15) is 9.59 Å². The van der Waals surface area contributed by atoms with Gasteiger partial charge in [-0.25, -0.2) is 4.79 Å². The van der Waals surface area contributed by atoms with Crippen LogP contribution in [0.15, 0.2) is 30.3 Å². The average molecular weight is 387 g/mol. The molecule has 142 valence electrons. The minimum atomic E-state index is -1.03. The first-order valence-corrected chi connectivity index (χ1v) is 9.35. The quantitative estimate of drug-likeness (QED) is 0.650. The van der Waals surface area contributed by atoms with Gasteiger partial charge in [0, 0.05) is 19.0 Å². The van der Waals surface area contributed by atoms with Crippen molar-refractivity contribution in [2.75, 3.05) is 6.61 Å². The average Bonchev–Trinajstić information content (AvgIpc) is 3.19. The molecule has 7 nitrogen and oxygen atoms in total. The molecule has 3 rings (SSSR count). The molecular formula is C19H21N3O4S. The van der Waals surface area contributed by atoms with Gasteiger partial charge in [-0.05, 0) is 29.7 Å². The first-order valence-electron chi connectivity index (χ1n) is 8.53. The van der Waals surface area contributed by atoms with Crippen molar-refractivity contribution in [2.45, 2.75) is 26.3 Å². The number of carbonyl (C=O) groups is 2. The fourth-order valence-corrected chi connectivity index (χ4v) is 3.76. The second kappa shape index (κ2) is 7.79. The van der Waals surface area contributed by atoms with E-state index in [1.165, 1.54) is 11.3 Å². The zero-order chi connectivity index (χ0) is 19.6. The molecule has 0 aliphatic carbocycles. The lowest BCUT2D eigenvalue weighted by Crippen LogP contribution is -2.21. The molecule has 1 aromatic carbocycles. The van der Waals surface area contributed by atoms with Crippen LogP contribution in [0.5, 0.6) is 5.75 Å². The van der Waals surface area contributed by atoms with E-state index in [0.717, 1.165) is 21.5 Å². The third-order valence-electron chi connectivity index (χ3n) is 4.02. The zero-order valence-electron chi connectivity index (χ0n) is 15.4. The lowest BCUT2D eigenvalue weighted by Gasteiger charge is -2.07. The van der Waals surface area contributed by atoms with E-state index in [1.807, 2.05) is 23.9 Å². The molecule has 0 saturated heterocycles. The van der Waals surface area contributed by atoms with Gasteiger partial charge in [0.05, 0.1) is 10.6 Å². The third-order valence-corrected chi connectivity index (χ3v) is 5.23. The van der Waals surface area contributed by atoms with E-state index in [1.54, 1.807) is 18.2 Å². The van der Waals surface area contributed by atoms with Crippen LogP contribution in [0.1, 0.15) is 40.7 Å². The maximum Gasteiger partial charge on any atom is 0.341 e. The smallest absolute Gasteiger partial charge is 0.341 e. The van der Waals surface area contributed by atoms with Crippen LogP contribution in [-0.4, -0.2) is 33.4 Å². The fraction of sp³-hybridized carbons (Fsp3) is 0.316. The van der Waals surface area contributed by atoms with Crippen molar-refractivity contribution in [1.82, 2.24) is 15.1 Å². The Hall–Kier alpha value is -2.87. The number of nitrogens with one attached hydrogen (secondary N) is 1. The van der Waals surface area contributed by atoms with Crippen molar-refractivity contribution in [3.63, 3.8) is 0 Å². The fourth-order valence-electron chi connectivity index (χ4n) is 2.76. The Morgan fingerprint density at radius 2 is 2.11 bits per heavy atom. The Morgan fingerprint density at radius 1 is 1.33 bits per heavy atom. The first kappa shape index (κ1) is 18.9. The molecule has 0 saturated carbocycles. The van der Waals surface area contributed by atoms with Crippen molar-refractivity contribution in [3.8, 4) is 5.75 Å². The molecule has 0 spiro atoms. The summed E-state index contributed by atoms with van der Waals surface area (Å²) in [6.07, 6.45) is 0. The predicted molar refractivity (Wildman–Crippen MR) is 103 cm³/mol. The summed E-state index contributed by atoms with van der Waals surface area (Å²) in [5.41, 5.74) is 1.82. The molecule has 0 bridgehead atoms. The number of hydrogen-bond donors (Lipinski definition) is 2. The van der Waals surface area contributed by atoms with E-state index >= 15 is 0 Å². The minimum absolute atomic E-state index is 0.150. The highest BCUT2D eigenvalue weighted by molar-refractivity contribution is 7.20. The number of ether oxygens (including phenoxy) is 1. The van der Waals surface area contributed by atoms with Crippen LogP contribution < -0.4 is 10.1 Å². The number of hydrogen-bond acceptors (Lipinski definition) is 5. The van der Waals surface area contributed by atoms with Crippen molar-refractivity contribution < 1.29 is 19.4 Å². The number of carbonyl (C=O) groups excluding carboxylic acids is 1. The molecule has 2 N–H and O–H groups in total. The third kappa shape index (κ3) is 4.28. The van der Waals surface area contributed by atoms with Crippen LogP contribution in [-0.2, 0) is 18.4 Å². The standard InChI is InChI=1S/C19H21N3O4S/c1-11(2)17-14-8-15(27-19(14)22(3)21-17)18(25)20-9-12-5-4-6-13(7-12)26-10-16(23)24/h4-8,11H,9-10H2,1-3H3,(H,20,25)(H,23,24). The zero-order valence-corrected chi connectivity index (χ0v) is 16.2. The maximum absolute atomic E-state index is 12.5. The summed E-state index contributed by atoms with van der Waals surface area (Å²) in [6, 6.07) is 8.90. The van der Waals surface area contributed by atoms with Gasteiger partial charge in [0.1, 0.15) is 10.6 Å².